The van der Waals surface area contributed by atoms with Crippen LogP contribution in [0.15, 0.2) is 54.7 Å². The molecule has 0 radical (unpaired) electrons. The molecule has 1 aliphatic rings. The molecule has 32 heavy (non-hydrogen) atoms. The molecule has 1 amide bonds. The van der Waals surface area contributed by atoms with Crippen LogP contribution in [0.4, 0.5) is 10.8 Å². The van der Waals surface area contributed by atoms with Gasteiger partial charge in [-0.1, -0.05) is 53.8 Å². The molecule has 3 heterocycles. The highest BCUT2D eigenvalue weighted by atomic mass is 32.1. The average Bonchev–Trinajstić information content (AvgIpc) is 3.46. The van der Waals surface area contributed by atoms with Gasteiger partial charge in [-0.3, -0.25) is 9.89 Å². The second-order valence-electron chi connectivity index (χ2n) is 7.75. The van der Waals surface area contributed by atoms with Gasteiger partial charge in [-0.2, -0.15) is 5.10 Å². The number of nitrogens with one attached hydrogen (secondary N) is 2. The molecule has 3 N–H and O–H groups in total. The summed E-state index contributed by atoms with van der Waals surface area (Å²) in [5.41, 5.74) is 3.77. The van der Waals surface area contributed by atoms with Gasteiger partial charge >= 0.3 is 0 Å². The average molecular weight is 446 g/mol. The van der Waals surface area contributed by atoms with Crippen LogP contribution in [0.5, 0.6) is 0 Å². The zero-order valence-corrected chi connectivity index (χ0v) is 18.2. The zero-order valence-electron chi connectivity index (χ0n) is 17.4. The first-order valence-corrected chi connectivity index (χ1v) is 11.4. The van der Waals surface area contributed by atoms with Crippen LogP contribution in [-0.4, -0.2) is 50.3 Å². The number of para-hydroxylation sites is 2. The number of nitrogens with zero attached hydrogens (tertiary/aromatic N) is 3. The van der Waals surface area contributed by atoms with Crippen LogP contribution in [0.2, 0.25) is 0 Å². The number of aromatic nitrogens is 3. The first-order chi connectivity index (χ1) is 15.7. The number of hydrogen-bond acceptors (Lipinski definition) is 6. The number of aromatic amines is 1. The van der Waals surface area contributed by atoms with E-state index in [1.807, 2.05) is 60.7 Å². The smallest absolute Gasteiger partial charge is 0.265 e. The van der Waals surface area contributed by atoms with Crippen molar-refractivity contribution in [3.63, 3.8) is 0 Å². The number of fused-ring (bicyclic) bond motifs is 1. The van der Waals surface area contributed by atoms with Crippen molar-refractivity contribution in [3.8, 4) is 0 Å². The van der Waals surface area contributed by atoms with E-state index in [0.29, 0.717) is 35.9 Å². The van der Waals surface area contributed by atoms with Gasteiger partial charge in [0.15, 0.2) is 5.13 Å². The van der Waals surface area contributed by atoms with Crippen LogP contribution in [-0.2, 0) is 0 Å². The molecular formula is C24H23N5O2S. The maximum absolute atomic E-state index is 12.7. The maximum atomic E-state index is 12.7. The molecule has 7 nitrogen and oxygen atoms in total. The summed E-state index contributed by atoms with van der Waals surface area (Å²) in [6, 6.07) is 16.0. The molecule has 0 spiro atoms. The largest absolute Gasteiger partial charge is 0.393 e. The molecule has 2 aromatic heterocycles. The molecule has 4 aromatic rings. The molecule has 1 aliphatic heterocycles. The van der Waals surface area contributed by atoms with Crippen LogP contribution in [0.1, 0.15) is 33.8 Å². The Morgan fingerprint density at radius 3 is 2.78 bits per heavy atom. The third-order valence-electron chi connectivity index (χ3n) is 5.59. The Balaban J connectivity index is 1.32. The minimum atomic E-state index is -0.304. The summed E-state index contributed by atoms with van der Waals surface area (Å²) in [5, 5.41) is 22.2. The molecule has 0 aliphatic carbocycles. The van der Waals surface area contributed by atoms with Crippen molar-refractivity contribution in [2.45, 2.75) is 18.9 Å². The molecular weight excluding hydrogens is 422 g/mol. The number of hydrogen-bond donors (Lipinski definition) is 3. The van der Waals surface area contributed by atoms with Gasteiger partial charge in [0, 0.05) is 24.2 Å². The Hall–Kier alpha value is -3.49. The van der Waals surface area contributed by atoms with E-state index in [4.69, 9.17) is 0 Å². The molecule has 162 valence electrons. The minimum absolute atomic E-state index is 0.0268. The molecule has 1 saturated heterocycles. The molecule has 1 fully saturated rings. The fourth-order valence-corrected chi connectivity index (χ4v) is 4.60. The number of carbonyl (C=O) groups is 1. The van der Waals surface area contributed by atoms with Crippen molar-refractivity contribution >= 4 is 51.1 Å². The van der Waals surface area contributed by atoms with Gasteiger partial charge in [0.05, 0.1) is 23.5 Å². The summed E-state index contributed by atoms with van der Waals surface area (Å²) in [5.74, 6) is -0.0268. The van der Waals surface area contributed by atoms with E-state index in [2.05, 4.69) is 20.5 Å². The van der Waals surface area contributed by atoms with Gasteiger partial charge in [0.2, 0.25) is 0 Å². The third-order valence-corrected chi connectivity index (χ3v) is 6.49. The third kappa shape index (κ3) is 4.28. The number of rotatable bonds is 5. The lowest BCUT2D eigenvalue weighted by atomic mass is 10.1. The van der Waals surface area contributed by atoms with Crippen LogP contribution in [0.25, 0.3) is 23.1 Å². The van der Waals surface area contributed by atoms with Crippen molar-refractivity contribution in [3.05, 3.63) is 70.9 Å². The van der Waals surface area contributed by atoms with Crippen molar-refractivity contribution in [2.75, 3.05) is 18.4 Å². The van der Waals surface area contributed by atoms with E-state index in [1.54, 1.807) is 11.1 Å². The Labute approximate surface area is 189 Å². The van der Waals surface area contributed by atoms with E-state index >= 15 is 0 Å². The maximum Gasteiger partial charge on any atom is 0.265 e. The summed E-state index contributed by atoms with van der Waals surface area (Å²) >= 11 is 1.34. The van der Waals surface area contributed by atoms with Crippen LogP contribution in [0, 0.1) is 0 Å². The first-order valence-electron chi connectivity index (χ1n) is 10.6. The van der Waals surface area contributed by atoms with Crippen molar-refractivity contribution in [2.24, 2.45) is 0 Å². The molecule has 0 bridgehead atoms. The predicted molar refractivity (Wildman–Crippen MR) is 128 cm³/mol. The summed E-state index contributed by atoms with van der Waals surface area (Å²) in [4.78, 5) is 19.5. The van der Waals surface area contributed by atoms with Gasteiger partial charge in [0.25, 0.3) is 5.91 Å². The number of thiazole rings is 1. The summed E-state index contributed by atoms with van der Waals surface area (Å²) in [7, 11) is 0. The van der Waals surface area contributed by atoms with Gasteiger partial charge in [0.1, 0.15) is 4.88 Å². The molecule has 0 saturated carbocycles. The van der Waals surface area contributed by atoms with Crippen molar-refractivity contribution in [1.29, 1.82) is 0 Å². The highest BCUT2D eigenvalue weighted by Gasteiger charge is 2.23. The zero-order chi connectivity index (χ0) is 21.9. The number of anilines is 2. The topological polar surface area (TPSA) is 94.1 Å². The molecule has 0 atom stereocenters. The predicted octanol–water partition coefficient (Wildman–Crippen LogP) is 4.53. The number of H-pyrrole nitrogens is 1. The van der Waals surface area contributed by atoms with Gasteiger partial charge in [-0.25, -0.2) is 4.98 Å². The van der Waals surface area contributed by atoms with E-state index in [1.165, 1.54) is 11.3 Å². The number of piperidine rings is 1. The van der Waals surface area contributed by atoms with Crippen LogP contribution < -0.4 is 5.32 Å². The number of amides is 1. The first kappa shape index (κ1) is 20.4. The Morgan fingerprint density at radius 2 is 1.91 bits per heavy atom. The lowest BCUT2D eigenvalue weighted by molar-refractivity contribution is 0.0550. The fourth-order valence-electron chi connectivity index (χ4n) is 3.81. The number of aliphatic hydroxyl groups is 1. The molecule has 5 rings (SSSR count). The van der Waals surface area contributed by atoms with Gasteiger partial charge in [-0.05, 0) is 36.6 Å². The standard InChI is InChI=1S/C24H23N5O2S/c30-17-11-13-29(14-12-17)23(31)22-15-25-24(32-22)26-19-7-3-1-5-16(19)9-10-21-18-6-2-4-8-20(18)27-28-21/h1-10,15,17,30H,11-14H2,(H,25,26)(H,27,28). The Bertz CT molecular complexity index is 1270. The van der Waals surface area contributed by atoms with Crippen molar-refractivity contribution in [1.82, 2.24) is 20.1 Å². The summed E-state index contributed by atoms with van der Waals surface area (Å²) < 4.78 is 0. The van der Waals surface area contributed by atoms with Crippen LogP contribution in [0.3, 0.4) is 0 Å². The van der Waals surface area contributed by atoms with Crippen molar-refractivity contribution < 1.29 is 9.90 Å². The number of likely N-dealkylation sites (tertiary alicyclic amines) is 1. The molecule has 2 aromatic carbocycles. The van der Waals surface area contributed by atoms with Crippen LogP contribution >= 0.6 is 11.3 Å². The lowest BCUT2D eigenvalue weighted by Crippen LogP contribution is -2.39. The second-order valence-corrected chi connectivity index (χ2v) is 8.78. The second kappa shape index (κ2) is 8.94. The normalized spacial score (nSPS) is 15.0. The number of benzene rings is 2. The minimum Gasteiger partial charge on any atom is -0.393 e. The SMILES string of the molecule is O=C(c1cnc(Nc2ccccc2C=Cc2n[nH]c3ccccc23)s1)N1CCC(O)CC1. The number of carbonyl (C=O) groups excluding carboxylic acids is 1. The van der Waals surface area contributed by atoms with Gasteiger partial charge in [-0.15, -0.1) is 0 Å². The van der Waals surface area contributed by atoms with E-state index in [0.717, 1.165) is 27.8 Å². The summed E-state index contributed by atoms with van der Waals surface area (Å²) in [6.45, 7) is 1.16. The molecule has 8 heteroatoms. The van der Waals surface area contributed by atoms with Gasteiger partial charge < -0.3 is 15.3 Å². The lowest BCUT2D eigenvalue weighted by Gasteiger charge is -2.29. The summed E-state index contributed by atoms with van der Waals surface area (Å²) in [6.07, 6.45) is 6.57. The molecule has 0 unspecified atom stereocenters. The Morgan fingerprint density at radius 1 is 1.12 bits per heavy atom. The van der Waals surface area contributed by atoms with E-state index in [9.17, 15) is 9.90 Å². The highest BCUT2D eigenvalue weighted by molar-refractivity contribution is 7.17. The fraction of sp³-hybridized carbons (Fsp3) is 0.208. The van der Waals surface area contributed by atoms with E-state index < -0.39 is 0 Å². The number of aliphatic hydroxyl groups excluding tert-OH is 1. The van der Waals surface area contributed by atoms with E-state index in [-0.39, 0.29) is 12.0 Å². The monoisotopic (exact) mass is 445 g/mol. The highest BCUT2D eigenvalue weighted by Crippen LogP contribution is 2.28. The quantitative estimate of drug-likeness (QED) is 0.420. The Kier molecular flexibility index (Phi) is 5.70.